The first-order chi connectivity index (χ1) is 28.9. The maximum atomic E-state index is 14.8. The van der Waals surface area contributed by atoms with Crippen LogP contribution < -0.4 is 15.0 Å². The number of anilines is 1. The number of nitrogens with one attached hydrogen (secondary N) is 2. The lowest BCUT2D eigenvalue weighted by Gasteiger charge is -2.63. The molecule has 9 unspecified atom stereocenters. The van der Waals surface area contributed by atoms with Crippen LogP contribution in [0.2, 0.25) is 0 Å². The molecule has 6 heterocycles. The van der Waals surface area contributed by atoms with Gasteiger partial charge in [0.05, 0.1) is 18.8 Å². The topological polar surface area (TPSA) is 131 Å². The number of benzene rings is 2. The number of hydrogen-bond acceptors (Lipinski definition) is 10. The number of aliphatic hydroxyl groups excluding tert-OH is 1. The number of esters is 1. The zero-order valence-corrected chi connectivity index (χ0v) is 37.0. The Morgan fingerprint density at radius 1 is 1.08 bits per heavy atom. The number of para-hydroxylation sites is 1. The second kappa shape index (κ2) is 15.5. The van der Waals surface area contributed by atoms with Gasteiger partial charge in [-0.25, -0.2) is 0 Å². The van der Waals surface area contributed by atoms with E-state index < -0.39 is 40.1 Å². The highest BCUT2D eigenvalue weighted by atomic mass is 32.2. The zero-order chi connectivity index (χ0) is 42.2. The molecule has 4 N–H and O–H groups in total. The van der Waals surface area contributed by atoms with Crippen LogP contribution in [0.5, 0.6) is 5.75 Å². The number of carbonyl (C=O) groups excluding carboxylic acids is 2. The number of likely N-dealkylation sites (N-methyl/N-ethyl adjacent to an activating group) is 1. The summed E-state index contributed by atoms with van der Waals surface area (Å²) in [5.41, 5.74) is 1.80. The molecule has 0 radical (unpaired) electrons. The van der Waals surface area contributed by atoms with Crippen LogP contribution >= 0.6 is 11.8 Å². The molecule has 1 amide bonds. The molecule has 1 aliphatic carbocycles. The Hall–Kier alpha value is -3.81. The van der Waals surface area contributed by atoms with Crippen LogP contribution in [-0.2, 0) is 31.8 Å². The predicted molar refractivity (Wildman–Crippen MR) is 238 cm³/mol. The van der Waals surface area contributed by atoms with Gasteiger partial charge in [-0.15, -0.1) is 0 Å². The zero-order valence-electron chi connectivity index (χ0n) is 36.2. The lowest BCUT2D eigenvalue weighted by Crippen LogP contribution is -2.81. The van der Waals surface area contributed by atoms with E-state index in [9.17, 15) is 19.8 Å². The van der Waals surface area contributed by atoms with Crippen molar-refractivity contribution in [2.24, 2.45) is 11.3 Å². The summed E-state index contributed by atoms with van der Waals surface area (Å²) in [6.45, 7) is 12.4. The number of amides is 1. The lowest BCUT2D eigenvalue weighted by atomic mass is 9.47. The molecule has 11 nitrogen and oxygen atoms in total. The smallest absolute Gasteiger partial charge is 0.303 e. The van der Waals surface area contributed by atoms with Gasteiger partial charge >= 0.3 is 5.97 Å². The molecule has 2 aromatic carbocycles. The number of thioether (sulfide) groups is 1. The van der Waals surface area contributed by atoms with Crippen molar-refractivity contribution in [1.29, 1.82) is 0 Å². The van der Waals surface area contributed by atoms with E-state index in [1.165, 1.54) is 12.5 Å². The molecule has 5 aliphatic heterocycles. The molecular formula is C48H63N5O6S. The fourth-order valence-corrected chi connectivity index (χ4v) is 13.8. The van der Waals surface area contributed by atoms with E-state index >= 15 is 0 Å². The first-order valence-electron chi connectivity index (χ1n) is 22.3. The van der Waals surface area contributed by atoms with Gasteiger partial charge in [0.1, 0.15) is 11.9 Å². The summed E-state index contributed by atoms with van der Waals surface area (Å²) >= 11 is 1.77. The van der Waals surface area contributed by atoms with Gasteiger partial charge in [0.2, 0.25) is 0 Å². The monoisotopic (exact) mass is 837 g/mol. The molecule has 1 aromatic heterocycles. The molecule has 3 aromatic rings. The van der Waals surface area contributed by atoms with E-state index in [4.69, 9.17) is 9.47 Å². The number of aromatic nitrogens is 1. The number of methoxy groups -OCH3 is 1. The number of fused-ring (bicyclic) bond motifs is 6. The summed E-state index contributed by atoms with van der Waals surface area (Å²) in [6.07, 6.45) is 9.70. The van der Waals surface area contributed by atoms with Crippen molar-refractivity contribution in [1.82, 2.24) is 20.1 Å². The normalized spacial score (nSPS) is 34.1. The molecule has 12 heteroatoms. The molecular weight excluding hydrogens is 775 g/mol. The number of H-pyrrole nitrogens is 1. The molecule has 9 atom stereocenters. The molecule has 1 saturated carbocycles. The van der Waals surface area contributed by atoms with Gasteiger partial charge in [-0.3, -0.25) is 19.4 Å². The third kappa shape index (κ3) is 5.90. The summed E-state index contributed by atoms with van der Waals surface area (Å²) in [5.74, 6) is 1.42. The Balaban J connectivity index is 1.30. The van der Waals surface area contributed by atoms with Crippen molar-refractivity contribution in [3.63, 3.8) is 0 Å². The largest absolute Gasteiger partial charge is 0.496 e. The van der Waals surface area contributed by atoms with Crippen LogP contribution in [0.25, 0.3) is 10.9 Å². The highest BCUT2D eigenvalue weighted by molar-refractivity contribution is 7.99. The van der Waals surface area contributed by atoms with E-state index in [0.717, 1.165) is 102 Å². The van der Waals surface area contributed by atoms with Gasteiger partial charge in [0, 0.05) is 104 Å². The molecule has 2 bridgehead atoms. The van der Waals surface area contributed by atoms with Gasteiger partial charge in [0.15, 0.2) is 11.2 Å². The SMILES string of the molecule is CCCSCCNC(=O)C1(O)C(O)C2(CC)C=CCN3CCC4(c5cc(C6(OC(C)=O)CC7C=C(CC)CN(CCc8c6[nH]c6ccccc86)C7)c(OC)cc5N(C)C14)C32. The third-order valence-corrected chi connectivity index (χ3v) is 16.4. The lowest BCUT2D eigenvalue weighted by molar-refractivity contribution is -0.203. The second-order valence-corrected chi connectivity index (χ2v) is 19.5. The number of hydrogen-bond donors (Lipinski definition) is 4. The molecule has 9 rings (SSSR count). The van der Waals surface area contributed by atoms with Crippen molar-refractivity contribution in [3.05, 3.63) is 82.6 Å². The van der Waals surface area contributed by atoms with Crippen molar-refractivity contribution < 1.29 is 29.3 Å². The quantitative estimate of drug-likeness (QED) is 0.109. The molecule has 2 fully saturated rings. The minimum atomic E-state index is -2.16. The van der Waals surface area contributed by atoms with E-state index in [1.807, 2.05) is 24.1 Å². The maximum absolute atomic E-state index is 14.8. The molecule has 1 saturated heterocycles. The van der Waals surface area contributed by atoms with Gasteiger partial charge in [-0.1, -0.05) is 62.8 Å². The van der Waals surface area contributed by atoms with E-state index in [1.54, 1.807) is 18.9 Å². The first-order valence-corrected chi connectivity index (χ1v) is 23.4. The number of nitrogens with zero attached hydrogens (tertiary/aromatic N) is 3. The Labute approximate surface area is 358 Å². The van der Waals surface area contributed by atoms with Crippen LogP contribution in [0.15, 0.2) is 60.2 Å². The Morgan fingerprint density at radius 2 is 1.90 bits per heavy atom. The first kappa shape index (κ1) is 41.5. The van der Waals surface area contributed by atoms with Crippen molar-refractivity contribution in [2.45, 2.75) is 101 Å². The van der Waals surface area contributed by atoms with Crippen LogP contribution in [0.1, 0.15) is 82.2 Å². The Morgan fingerprint density at radius 3 is 2.65 bits per heavy atom. The molecule has 60 heavy (non-hydrogen) atoms. The second-order valence-electron chi connectivity index (χ2n) is 18.3. The highest BCUT2D eigenvalue weighted by Gasteiger charge is 2.78. The summed E-state index contributed by atoms with van der Waals surface area (Å²) < 4.78 is 13.4. The van der Waals surface area contributed by atoms with Crippen LogP contribution in [0, 0.1) is 11.3 Å². The van der Waals surface area contributed by atoms with Gasteiger partial charge in [-0.05, 0) is 73.6 Å². The number of rotatable bonds is 11. The minimum absolute atomic E-state index is 0.0734. The van der Waals surface area contributed by atoms with E-state index in [-0.39, 0.29) is 17.9 Å². The van der Waals surface area contributed by atoms with Crippen molar-refractivity contribution >= 4 is 40.2 Å². The standard InChI is InChI=1S/C48H63N5O6S/c1-7-22-60-23-18-49-44(56)48(57)42-46(17-21-53-19-12-16-45(9-3,41(46)53)43(48)55)35-25-36(39(58-6)26-38(35)51(42)5)47(59-30(4)54)27-32-24-31(8-2)28-52(29-32)20-15-34-33-13-10-11-14-37(33)50-40(34)47/h10-14,16,24-26,32,41-43,50,55,57H,7-9,15,17-23,27-29H2,1-6H3,(H,49,56). The average Bonchev–Trinajstić information content (AvgIpc) is 3.91. The Kier molecular flexibility index (Phi) is 10.7. The fraction of sp³-hybridized carbons (Fsp3) is 0.583. The number of aromatic amines is 1. The predicted octanol–water partition coefficient (Wildman–Crippen LogP) is 5.66. The Bertz CT molecular complexity index is 2240. The van der Waals surface area contributed by atoms with Crippen molar-refractivity contribution in [3.8, 4) is 5.75 Å². The van der Waals surface area contributed by atoms with E-state index in [0.29, 0.717) is 31.6 Å². The van der Waals surface area contributed by atoms with Gasteiger partial charge in [0.25, 0.3) is 5.91 Å². The van der Waals surface area contributed by atoms with Gasteiger partial charge < -0.3 is 34.9 Å². The average molecular weight is 838 g/mol. The van der Waals surface area contributed by atoms with Crippen LogP contribution in [0.3, 0.4) is 0 Å². The summed E-state index contributed by atoms with van der Waals surface area (Å²) in [6, 6.07) is 11.6. The maximum Gasteiger partial charge on any atom is 0.303 e. The summed E-state index contributed by atoms with van der Waals surface area (Å²) in [7, 11) is 3.62. The molecule has 322 valence electrons. The summed E-state index contributed by atoms with van der Waals surface area (Å²) in [4.78, 5) is 39.5. The number of ether oxygens (including phenoxy) is 2. The molecule has 6 aliphatic rings. The van der Waals surface area contributed by atoms with Crippen LogP contribution in [-0.4, -0.2) is 126 Å². The summed E-state index contributed by atoms with van der Waals surface area (Å²) in [5, 5.41) is 30.3. The number of aliphatic hydroxyl groups is 2. The molecule has 1 spiro atoms. The third-order valence-electron chi connectivity index (χ3n) is 15.3. The van der Waals surface area contributed by atoms with Gasteiger partial charge in [-0.2, -0.15) is 11.8 Å². The van der Waals surface area contributed by atoms with Crippen LogP contribution in [0.4, 0.5) is 5.69 Å². The number of carbonyl (C=O) groups is 2. The fourth-order valence-electron chi connectivity index (χ4n) is 13.0. The van der Waals surface area contributed by atoms with Crippen molar-refractivity contribution in [2.75, 3.05) is 69.8 Å². The minimum Gasteiger partial charge on any atom is -0.496 e. The van der Waals surface area contributed by atoms with E-state index in [2.05, 4.69) is 83.4 Å². The highest BCUT2D eigenvalue weighted by Crippen LogP contribution is 2.67.